The Morgan fingerprint density at radius 3 is 2.70 bits per heavy atom. The zero-order chi connectivity index (χ0) is 17.0. The summed E-state index contributed by atoms with van der Waals surface area (Å²) in [7, 11) is 4.35. The topological polar surface area (TPSA) is 109 Å². The molecule has 1 aromatic heterocycles. The number of esters is 1. The lowest BCUT2D eigenvalue weighted by Gasteiger charge is -2.12. The number of methoxy groups -OCH3 is 2. The van der Waals surface area contributed by atoms with E-state index in [0.29, 0.717) is 6.54 Å². The van der Waals surface area contributed by atoms with Crippen molar-refractivity contribution in [1.82, 2.24) is 9.78 Å². The lowest BCUT2D eigenvalue weighted by molar-refractivity contribution is -0.384. The molecule has 0 fully saturated rings. The van der Waals surface area contributed by atoms with E-state index in [1.165, 1.54) is 20.3 Å². The van der Waals surface area contributed by atoms with Crippen LogP contribution in [0.4, 0.5) is 11.4 Å². The van der Waals surface area contributed by atoms with Crippen LogP contribution in [0.1, 0.15) is 15.9 Å². The molecule has 0 spiro atoms. The smallest absolute Gasteiger partial charge is 0.338 e. The highest BCUT2D eigenvalue weighted by molar-refractivity contribution is 5.92. The molecule has 0 radical (unpaired) electrons. The lowest BCUT2D eigenvalue weighted by Crippen LogP contribution is -2.08. The lowest BCUT2D eigenvalue weighted by atomic mass is 10.1. The van der Waals surface area contributed by atoms with Crippen LogP contribution < -0.4 is 10.1 Å². The molecule has 1 heterocycles. The van der Waals surface area contributed by atoms with Crippen molar-refractivity contribution in [2.24, 2.45) is 7.05 Å². The Morgan fingerprint density at radius 1 is 1.43 bits per heavy atom. The van der Waals surface area contributed by atoms with Crippen LogP contribution in [0.25, 0.3) is 0 Å². The molecule has 0 saturated carbocycles. The Labute approximate surface area is 132 Å². The molecular weight excluding hydrogens is 304 g/mol. The van der Waals surface area contributed by atoms with E-state index in [9.17, 15) is 14.9 Å². The summed E-state index contributed by atoms with van der Waals surface area (Å²) in [4.78, 5) is 22.3. The number of nitro groups is 1. The van der Waals surface area contributed by atoms with Gasteiger partial charge in [-0.1, -0.05) is 0 Å². The molecule has 0 aliphatic carbocycles. The molecule has 9 nitrogen and oxygen atoms in total. The third-order valence-electron chi connectivity index (χ3n) is 3.15. The first-order valence-electron chi connectivity index (χ1n) is 6.62. The third kappa shape index (κ3) is 3.57. The molecule has 9 heteroatoms. The SMILES string of the molecule is COC(=O)c1cc(OC)c(NCc2cnn(C)c2)c([N+](=O)[O-])c1. The van der Waals surface area contributed by atoms with Crippen LogP contribution in [0.3, 0.4) is 0 Å². The van der Waals surface area contributed by atoms with Crippen LogP contribution in [0, 0.1) is 10.1 Å². The van der Waals surface area contributed by atoms with Gasteiger partial charge in [0.1, 0.15) is 5.75 Å². The summed E-state index contributed by atoms with van der Waals surface area (Å²) in [5, 5.41) is 18.3. The minimum absolute atomic E-state index is 0.0444. The summed E-state index contributed by atoms with van der Waals surface area (Å²) in [5.74, 6) is -0.492. The predicted octanol–water partition coefficient (Wildman–Crippen LogP) is 1.74. The van der Waals surface area contributed by atoms with Crippen LogP contribution in [-0.4, -0.2) is 34.9 Å². The number of hydrogen-bond acceptors (Lipinski definition) is 7. The summed E-state index contributed by atoms with van der Waals surface area (Å²) in [6, 6.07) is 2.55. The number of rotatable bonds is 6. The fourth-order valence-corrected chi connectivity index (χ4v) is 2.07. The molecule has 1 aromatic carbocycles. The second-order valence-electron chi connectivity index (χ2n) is 4.70. The van der Waals surface area contributed by atoms with Gasteiger partial charge in [0.15, 0.2) is 5.69 Å². The average Bonchev–Trinajstić information content (AvgIpc) is 2.96. The minimum atomic E-state index is -0.676. The van der Waals surface area contributed by atoms with E-state index in [1.54, 1.807) is 24.1 Å². The maximum Gasteiger partial charge on any atom is 0.338 e. The van der Waals surface area contributed by atoms with Gasteiger partial charge in [0.05, 0.1) is 30.9 Å². The highest BCUT2D eigenvalue weighted by Crippen LogP contribution is 2.36. The fourth-order valence-electron chi connectivity index (χ4n) is 2.07. The van der Waals surface area contributed by atoms with E-state index < -0.39 is 10.9 Å². The van der Waals surface area contributed by atoms with Crippen molar-refractivity contribution in [2.75, 3.05) is 19.5 Å². The molecule has 0 bridgehead atoms. The zero-order valence-electron chi connectivity index (χ0n) is 12.9. The number of aryl methyl sites for hydroxylation is 1. The molecule has 2 rings (SSSR count). The summed E-state index contributed by atoms with van der Waals surface area (Å²) >= 11 is 0. The van der Waals surface area contributed by atoms with Gasteiger partial charge in [-0.2, -0.15) is 5.10 Å². The van der Waals surface area contributed by atoms with Crippen molar-refractivity contribution in [3.05, 3.63) is 45.8 Å². The minimum Gasteiger partial charge on any atom is -0.494 e. The van der Waals surface area contributed by atoms with E-state index in [4.69, 9.17) is 4.74 Å². The largest absolute Gasteiger partial charge is 0.494 e. The number of nitrogens with one attached hydrogen (secondary N) is 1. The number of ether oxygens (including phenoxy) is 2. The fraction of sp³-hybridized carbons (Fsp3) is 0.286. The Kier molecular flexibility index (Phi) is 4.79. The molecule has 23 heavy (non-hydrogen) atoms. The molecule has 0 amide bonds. The van der Waals surface area contributed by atoms with Crippen LogP contribution in [0.15, 0.2) is 24.5 Å². The van der Waals surface area contributed by atoms with E-state index in [1.807, 2.05) is 0 Å². The standard InChI is InChI=1S/C14H16N4O5/c1-17-8-9(7-16-17)6-15-13-11(18(20)21)4-10(14(19)23-3)5-12(13)22-2/h4-5,7-8,15H,6H2,1-3H3. The van der Waals surface area contributed by atoms with E-state index >= 15 is 0 Å². The number of carbonyl (C=O) groups excluding carboxylic acids is 1. The second-order valence-corrected chi connectivity index (χ2v) is 4.70. The number of hydrogen-bond donors (Lipinski definition) is 1. The van der Waals surface area contributed by atoms with Crippen LogP contribution in [-0.2, 0) is 18.3 Å². The highest BCUT2D eigenvalue weighted by atomic mass is 16.6. The first-order valence-corrected chi connectivity index (χ1v) is 6.62. The van der Waals surface area contributed by atoms with Gasteiger partial charge in [-0.05, 0) is 6.07 Å². The molecule has 0 aliphatic heterocycles. The van der Waals surface area contributed by atoms with Gasteiger partial charge >= 0.3 is 5.97 Å². The van der Waals surface area contributed by atoms with Crippen molar-refractivity contribution in [1.29, 1.82) is 0 Å². The first-order chi connectivity index (χ1) is 11.0. The van der Waals surface area contributed by atoms with Crippen molar-refractivity contribution in [3.8, 4) is 5.75 Å². The number of carbonyl (C=O) groups is 1. The normalized spacial score (nSPS) is 10.2. The Bertz CT molecular complexity index is 741. The number of nitro benzene ring substituents is 1. The predicted molar refractivity (Wildman–Crippen MR) is 81.5 cm³/mol. The van der Waals surface area contributed by atoms with E-state index in [-0.39, 0.29) is 22.7 Å². The highest BCUT2D eigenvalue weighted by Gasteiger charge is 2.23. The van der Waals surface area contributed by atoms with Crippen molar-refractivity contribution < 1.29 is 19.2 Å². The summed E-state index contributed by atoms with van der Waals surface area (Å²) in [5.41, 5.74) is 0.812. The quantitative estimate of drug-likeness (QED) is 0.490. The third-order valence-corrected chi connectivity index (χ3v) is 3.15. The van der Waals surface area contributed by atoms with E-state index in [0.717, 1.165) is 11.6 Å². The second kappa shape index (κ2) is 6.77. The van der Waals surface area contributed by atoms with Crippen LogP contribution in [0.5, 0.6) is 5.75 Å². The summed E-state index contributed by atoms with van der Waals surface area (Å²) in [6.45, 7) is 0.322. The van der Waals surface area contributed by atoms with E-state index in [2.05, 4.69) is 15.2 Å². The van der Waals surface area contributed by atoms with Gasteiger partial charge in [-0.15, -0.1) is 0 Å². The van der Waals surface area contributed by atoms with Gasteiger partial charge in [0.2, 0.25) is 0 Å². The van der Waals surface area contributed by atoms with Gasteiger partial charge < -0.3 is 14.8 Å². The Morgan fingerprint density at radius 2 is 2.17 bits per heavy atom. The number of nitrogens with zero attached hydrogens (tertiary/aromatic N) is 3. The number of aromatic nitrogens is 2. The van der Waals surface area contributed by atoms with Crippen LogP contribution in [0.2, 0.25) is 0 Å². The summed E-state index contributed by atoms with van der Waals surface area (Å²) in [6.07, 6.45) is 3.43. The average molecular weight is 320 g/mol. The number of anilines is 1. The molecule has 122 valence electrons. The van der Waals surface area contributed by atoms with Gasteiger partial charge in [0.25, 0.3) is 5.69 Å². The Hall–Kier alpha value is -3.10. The first kappa shape index (κ1) is 16.3. The molecule has 0 atom stereocenters. The maximum atomic E-state index is 11.6. The van der Waals surface area contributed by atoms with Crippen molar-refractivity contribution in [2.45, 2.75) is 6.54 Å². The zero-order valence-corrected chi connectivity index (χ0v) is 12.9. The molecule has 1 N–H and O–H groups in total. The molecule has 0 saturated heterocycles. The number of benzene rings is 1. The summed E-state index contributed by atoms with van der Waals surface area (Å²) < 4.78 is 11.4. The maximum absolute atomic E-state index is 11.6. The monoisotopic (exact) mass is 320 g/mol. The van der Waals surface area contributed by atoms with Gasteiger partial charge in [0, 0.05) is 31.4 Å². The molecule has 0 unspecified atom stereocenters. The van der Waals surface area contributed by atoms with Gasteiger partial charge in [-0.3, -0.25) is 14.8 Å². The van der Waals surface area contributed by atoms with Crippen molar-refractivity contribution in [3.63, 3.8) is 0 Å². The van der Waals surface area contributed by atoms with Gasteiger partial charge in [-0.25, -0.2) is 4.79 Å². The van der Waals surface area contributed by atoms with Crippen LogP contribution >= 0.6 is 0 Å². The van der Waals surface area contributed by atoms with Crippen molar-refractivity contribution >= 4 is 17.3 Å². The molecule has 2 aromatic rings. The molecular formula is C14H16N4O5. The Balaban J connectivity index is 2.39. The molecule has 0 aliphatic rings.